The van der Waals surface area contributed by atoms with E-state index >= 15 is 0 Å². The summed E-state index contributed by atoms with van der Waals surface area (Å²) in [6.07, 6.45) is 12.7. The maximum atomic E-state index is 2.34. The van der Waals surface area contributed by atoms with Crippen LogP contribution in [0.25, 0.3) is 0 Å². The van der Waals surface area contributed by atoms with Crippen molar-refractivity contribution in [3.8, 4) is 0 Å². The van der Waals surface area contributed by atoms with Crippen molar-refractivity contribution in [2.24, 2.45) is 0 Å². The second-order valence-corrected chi connectivity index (χ2v) is 8.03. The van der Waals surface area contributed by atoms with Crippen LogP contribution in [0.1, 0.15) is 6.92 Å². The van der Waals surface area contributed by atoms with Crippen molar-refractivity contribution in [2.75, 3.05) is 6.26 Å². The molecule has 0 heterocycles. The lowest BCUT2D eigenvalue weighted by Crippen LogP contribution is -1.96. The summed E-state index contributed by atoms with van der Waals surface area (Å²) in [6, 6.07) is 21.5. The van der Waals surface area contributed by atoms with E-state index in [0.717, 1.165) is 0 Å². The topological polar surface area (TPSA) is 0 Å². The first-order chi connectivity index (χ1) is 10.3. The summed E-state index contributed by atoms with van der Waals surface area (Å²) in [6.45, 7) is 2.03. The Bertz CT molecular complexity index is 582. The number of benzene rings is 2. The molecule has 0 aliphatic carbocycles. The van der Waals surface area contributed by atoms with Gasteiger partial charge in [-0.25, -0.2) is 0 Å². The Morgan fingerprint density at radius 3 is 1.62 bits per heavy atom. The molecule has 0 aromatic heterocycles. The van der Waals surface area contributed by atoms with E-state index in [1.807, 2.05) is 19.1 Å². The molecule has 0 saturated heterocycles. The molecule has 0 radical (unpaired) electrons. The van der Waals surface area contributed by atoms with Crippen LogP contribution in [0.4, 0.5) is 0 Å². The number of hydrogen-bond acceptors (Lipinski definition) is 0. The summed E-state index contributed by atoms with van der Waals surface area (Å²) in [4.78, 5) is 2.76. The molecule has 0 spiro atoms. The zero-order valence-electron chi connectivity index (χ0n) is 12.6. The van der Waals surface area contributed by atoms with E-state index in [-0.39, 0.29) is 0 Å². The van der Waals surface area contributed by atoms with Crippen LogP contribution < -0.4 is 0 Å². The van der Waals surface area contributed by atoms with E-state index in [1.165, 1.54) is 9.79 Å². The Morgan fingerprint density at radius 2 is 1.14 bits per heavy atom. The minimum absolute atomic E-state index is 1.14. The molecule has 2 aromatic rings. The lowest BCUT2D eigenvalue weighted by Gasteiger charge is -2.33. The standard InChI is InChI=1S/C20H22S/c1-3-4-5-6-13-18-21(2,19-14-9-7-10-15-19)20-16-11-8-12-17-20/h3-18H,1-2H3/b4-3-,6-5-,18-13+. The fourth-order valence-electron chi connectivity index (χ4n) is 2.14. The van der Waals surface area contributed by atoms with Gasteiger partial charge in [-0.15, -0.1) is 0 Å². The maximum Gasteiger partial charge on any atom is -0.00263 e. The van der Waals surface area contributed by atoms with Gasteiger partial charge in [0.15, 0.2) is 0 Å². The predicted molar refractivity (Wildman–Crippen MR) is 96.0 cm³/mol. The van der Waals surface area contributed by atoms with Crippen LogP contribution >= 0.6 is 10.0 Å². The van der Waals surface area contributed by atoms with Gasteiger partial charge in [-0.3, -0.25) is 0 Å². The van der Waals surface area contributed by atoms with E-state index in [9.17, 15) is 0 Å². The van der Waals surface area contributed by atoms with E-state index in [0.29, 0.717) is 0 Å². The van der Waals surface area contributed by atoms with Gasteiger partial charge in [0.2, 0.25) is 0 Å². The highest BCUT2D eigenvalue weighted by atomic mass is 32.3. The highest BCUT2D eigenvalue weighted by Gasteiger charge is 2.19. The van der Waals surface area contributed by atoms with E-state index in [1.54, 1.807) is 0 Å². The molecule has 108 valence electrons. The third kappa shape index (κ3) is 3.99. The van der Waals surface area contributed by atoms with Crippen molar-refractivity contribution in [3.05, 3.63) is 96.5 Å². The monoisotopic (exact) mass is 294 g/mol. The lowest BCUT2D eigenvalue weighted by atomic mass is 10.4. The molecule has 0 atom stereocenters. The smallest absolute Gasteiger partial charge is 0.00263 e. The van der Waals surface area contributed by atoms with Crippen LogP contribution in [-0.4, -0.2) is 6.26 Å². The molecular formula is C20H22S. The van der Waals surface area contributed by atoms with Crippen LogP contribution in [0.15, 0.2) is 106 Å². The average Bonchev–Trinajstić information content (AvgIpc) is 2.56. The van der Waals surface area contributed by atoms with Gasteiger partial charge in [-0.1, -0.05) is 66.8 Å². The van der Waals surface area contributed by atoms with Crippen molar-refractivity contribution >= 4 is 10.0 Å². The average molecular weight is 294 g/mol. The third-order valence-electron chi connectivity index (χ3n) is 3.34. The molecule has 0 N–H and O–H groups in total. The first-order valence-electron chi connectivity index (χ1n) is 7.12. The number of rotatable bonds is 5. The Labute approximate surface area is 129 Å². The van der Waals surface area contributed by atoms with Gasteiger partial charge >= 0.3 is 0 Å². The van der Waals surface area contributed by atoms with Crippen molar-refractivity contribution in [1.82, 2.24) is 0 Å². The summed E-state index contributed by atoms with van der Waals surface area (Å²) >= 11 is 0. The molecule has 0 fully saturated rings. The fraction of sp³-hybridized carbons (Fsp3) is 0.100. The molecule has 0 nitrogen and oxygen atoms in total. The molecule has 1 heteroatoms. The van der Waals surface area contributed by atoms with Crippen molar-refractivity contribution in [1.29, 1.82) is 0 Å². The summed E-state index contributed by atoms with van der Waals surface area (Å²) in [7, 11) is -1.14. The second kappa shape index (κ2) is 7.70. The highest BCUT2D eigenvalue weighted by molar-refractivity contribution is 8.35. The van der Waals surface area contributed by atoms with Crippen LogP contribution in [0.2, 0.25) is 0 Å². The predicted octanol–water partition coefficient (Wildman–Crippen LogP) is 6.19. The zero-order chi connectivity index (χ0) is 15.0. The zero-order valence-corrected chi connectivity index (χ0v) is 13.5. The van der Waals surface area contributed by atoms with Gasteiger partial charge < -0.3 is 0 Å². The van der Waals surface area contributed by atoms with Gasteiger partial charge in [0.1, 0.15) is 0 Å². The van der Waals surface area contributed by atoms with E-state index in [4.69, 9.17) is 0 Å². The van der Waals surface area contributed by atoms with E-state index in [2.05, 4.69) is 90.6 Å². The Morgan fingerprint density at radius 1 is 0.667 bits per heavy atom. The largest absolute Gasteiger partial charge is 0.170 e. The SMILES string of the molecule is C\C=C/C=C\C=C\S(C)(c1ccccc1)c1ccccc1. The maximum absolute atomic E-state index is 2.34. The van der Waals surface area contributed by atoms with Gasteiger partial charge in [0, 0.05) is 0 Å². The van der Waals surface area contributed by atoms with Gasteiger partial charge in [-0.05, 0) is 52.6 Å². The van der Waals surface area contributed by atoms with Crippen molar-refractivity contribution < 1.29 is 0 Å². The molecule has 0 unspecified atom stereocenters. The third-order valence-corrected chi connectivity index (χ3v) is 6.55. The Hall–Kier alpha value is -1.99. The summed E-state index contributed by atoms with van der Waals surface area (Å²) in [5, 5.41) is 2.34. The van der Waals surface area contributed by atoms with Crippen LogP contribution in [0, 0.1) is 0 Å². The molecule has 0 bridgehead atoms. The van der Waals surface area contributed by atoms with Crippen LogP contribution in [-0.2, 0) is 0 Å². The van der Waals surface area contributed by atoms with Crippen molar-refractivity contribution in [3.63, 3.8) is 0 Å². The Balaban J connectivity index is 2.40. The second-order valence-electron chi connectivity index (χ2n) is 4.85. The molecule has 0 aliphatic heterocycles. The minimum atomic E-state index is -1.14. The summed E-state index contributed by atoms with van der Waals surface area (Å²) in [5.41, 5.74) is 0. The van der Waals surface area contributed by atoms with Crippen LogP contribution in [0.5, 0.6) is 0 Å². The normalized spacial score (nSPS) is 13.4. The lowest BCUT2D eigenvalue weighted by molar-refractivity contribution is 1.37. The molecule has 0 saturated carbocycles. The van der Waals surface area contributed by atoms with Gasteiger partial charge in [0.25, 0.3) is 0 Å². The van der Waals surface area contributed by atoms with Gasteiger partial charge in [0.05, 0.1) is 0 Å². The Kier molecular flexibility index (Phi) is 5.65. The minimum Gasteiger partial charge on any atom is -0.170 e. The first-order valence-corrected chi connectivity index (χ1v) is 9.22. The summed E-state index contributed by atoms with van der Waals surface area (Å²) < 4.78 is 0. The molecule has 2 rings (SSSR count). The summed E-state index contributed by atoms with van der Waals surface area (Å²) in [5.74, 6) is 0. The number of hydrogen-bond donors (Lipinski definition) is 0. The molecule has 21 heavy (non-hydrogen) atoms. The van der Waals surface area contributed by atoms with Crippen LogP contribution in [0.3, 0.4) is 0 Å². The molecule has 2 aromatic carbocycles. The molecular weight excluding hydrogens is 272 g/mol. The highest BCUT2D eigenvalue weighted by Crippen LogP contribution is 2.60. The van der Waals surface area contributed by atoms with E-state index < -0.39 is 10.0 Å². The number of allylic oxidation sites excluding steroid dienone is 5. The van der Waals surface area contributed by atoms with Gasteiger partial charge in [-0.2, -0.15) is 10.0 Å². The van der Waals surface area contributed by atoms with Crippen molar-refractivity contribution in [2.45, 2.75) is 16.7 Å². The molecule has 0 amide bonds. The molecule has 0 aliphatic rings. The fourth-order valence-corrected chi connectivity index (χ4v) is 4.58. The quantitative estimate of drug-likeness (QED) is 0.577. The first kappa shape index (κ1) is 15.4.